The number of hydrogen-bond donors (Lipinski definition) is 1. The first-order chi connectivity index (χ1) is 11.5. The fraction of sp³-hybridized carbons (Fsp3) is 0.350. The van der Waals surface area contributed by atoms with E-state index in [1.54, 1.807) is 0 Å². The SMILES string of the molecule is CCc1cccc(CC)c1NC(=O)CN(C)Cc1ccccc1Cl. The van der Waals surface area contributed by atoms with Crippen molar-refractivity contribution in [3.63, 3.8) is 0 Å². The molecule has 1 amide bonds. The highest BCUT2D eigenvalue weighted by Crippen LogP contribution is 2.22. The Morgan fingerprint density at radius 1 is 1.00 bits per heavy atom. The third-order valence-corrected chi connectivity index (χ3v) is 4.44. The number of anilines is 1. The van der Waals surface area contributed by atoms with Crippen LogP contribution in [0.3, 0.4) is 0 Å². The normalized spacial score (nSPS) is 10.9. The van der Waals surface area contributed by atoms with Crippen LogP contribution in [-0.4, -0.2) is 24.4 Å². The van der Waals surface area contributed by atoms with Gasteiger partial charge in [0.25, 0.3) is 0 Å². The highest BCUT2D eigenvalue weighted by atomic mass is 35.5. The first-order valence-corrected chi connectivity index (χ1v) is 8.75. The van der Waals surface area contributed by atoms with Crippen LogP contribution in [-0.2, 0) is 24.2 Å². The fourth-order valence-electron chi connectivity index (χ4n) is 2.80. The summed E-state index contributed by atoms with van der Waals surface area (Å²) in [5.41, 5.74) is 4.35. The summed E-state index contributed by atoms with van der Waals surface area (Å²) in [4.78, 5) is 14.4. The molecule has 128 valence electrons. The summed E-state index contributed by atoms with van der Waals surface area (Å²) in [6, 6.07) is 13.9. The lowest BCUT2D eigenvalue weighted by Crippen LogP contribution is -2.30. The Balaban J connectivity index is 2.02. The number of likely N-dealkylation sites (N-methyl/N-ethyl adjacent to an activating group) is 1. The number of benzene rings is 2. The van der Waals surface area contributed by atoms with Crippen LogP contribution in [0.5, 0.6) is 0 Å². The van der Waals surface area contributed by atoms with Crippen LogP contribution in [0.15, 0.2) is 42.5 Å². The molecule has 2 rings (SSSR count). The van der Waals surface area contributed by atoms with E-state index in [0.29, 0.717) is 13.1 Å². The minimum absolute atomic E-state index is 0.000142. The number of rotatable bonds is 7. The highest BCUT2D eigenvalue weighted by Gasteiger charge is 2.12. The van der Waals surface area contributed by atoms with E-state index in [1.165, 1.54) is 11.1 Å². The zero-order valence-corrected chi connectivity index (χ0v) is 15.4. The van der Waals surface area contributed by atoms with Crippen LogP contribution in [0.2, 0.25) is 5.02 Å². The Morgan fingerprint density at radius 3 is 2.17 bits per heavy atom. The molecule has 2 aromatic rings. The van der Waals surface area contributed by atoms with E-state index in [-0.39, 0.29) is 5.91 Å². The van der Waals surface area contributed by atoms with Crippen LogP contribution >= 0.6 is 11.6 Å². The summed E-state index contributed by atoms with van der Waals surface area (Å²) < 4.78 is 0. The monoisotopic (exact) mass is 344 g/mol. The van der Waals surface area contributed by atoms with Gasteiger partial charge in [-0.05, 0) is 42.6 Å². The molecular formula is C20H25ClN2O. The maximum absolute atomic E-state index is 12.4. The molecule has 24 heavy (non-hydrogen) atoms. The first kappa shape index (κ1) is 18.5. The number of hydrogen-bond acceptors (Lipinski definition) is 2. The van der Waals surface area contributed by atoms with Crippen LogP contribution in [0.4, 0.5) is 5.69 Å². The van der Waals surface area contributed by atoms with Gasteiger partial charge in [0.05, 0.1) is 6.54 Å². The molecule has 0 aliphatic carbocycles. The average Bonchev–Trinajstić information content (AvgIpc) is 2.57. The molecule has 0 unspecified atom stereocenters. The van der Waals surface area contributed by atoms with Crippen LogP contribution < -0.4 is 5.32 Å². The Bertz CT molecular complexity index is 678. The molecule has 0 aliphatic rings. The van der Waals surface area contributed by atoms with E-state index in [9.17, 15) is 4.79 Å². The van der Waals surface area contributed by atoms with Gasteiger partial charge in [0.15, 0.2) is 0 Å². The Hall–Kier alpha value is -1.84. The summed E-state index contributed by atoms with van der Waals surface area (Å²) in [6.07, 6.45) is 1.80. The van der Waals surface area contributed by atoms with Crippen LogP contribution in [0.1, 0.15) is 30.5 Å². The topological polar surface area (TPSA) is 32.3 Å². The average molecular weight is 345 g/mol. The first-order valence-electron chi connectivity index (χ1n) is 8.37. The molecule has 0 aliphatic heterocycles. The Kier molecular flexibility index (Phi) is 6.83. The van der Waals surface area contributed by atoms with E-state index in [4.69, 9.17) is 11.6 Å². The van der Waals surface area contributed by atoms with Crippen LogP contribution in [0, 0.1) is 0 Å². The maximum Gasteiger partial charge on any atom is 0.238 e. The van der Waals surface area contributed by atoms with Gasteiger partial charge in [-0.1, -0.05) is 61.8 Å². The molecule has 0 spiro atoms. The molecule has 0 saturated heterocycles. The molecule has 0 aromatic heterocycles. The number of amides is 1. The highest BCUT2D eigenvalue weighted by molar-refractivity contribution is 6.31. The lowest BCUT2D eigenvalue weighted by Gasteiger charge is -2.19. The van der Waals surface area contributed by atoms with Gasteiger partial charge in [-0.15, -0.1) is 0 Å². The van der Waals surface area contributed by atoms with E-state index >= 15 is 0 Å². The molecule has 4 heteroatoms. The van der Waals surface area contributed by atoms with Gasteiger partial charge in [-0.3, -0.25) is 9.69 Å². The van der Waals surface area contributed by atoms with Gasteiger partial charge >= 0.3 is 0 Å². The fourth-order valence-corrected chi connectivity index (χ4v) is 3.00. The smallest absolute Gasteiger partial charge is 0.238 e. The Labute approximate surface area is 149 Å². The summed E-state index contributed by atoms with van der Waals surface area (Å²) in [5, 5.41) is 3.83. The van der Waals surface area contributed by atoms with Crippen LogP contribution in [0.25, 0.3) is 0 Å². The van der Waals surface area contributed by atoms with Crippen molar-refractivity contribution < 1.29 is 4.79 Å². The van der Waals surface area contributed by atoms with E-state index < -0.39 is 0 Å². The predicted octanol–water partition coefficient (Wildman–Crippen LogP) is 4.54. The van der Waals surface area contributed by atoms with Gasteiger partial charge < -0.3 is 5.32 Å². The molecule has 0 fully saturated rings. The van der Waals surface area contributed by atoms with Gasteiger partial charge in [-0.2, -0.15) is 0 Å². The summed E-state index contributed by atoms with van der Waals surface area (Å²) >= 11 is 6.19. The molecular weight excluding hydrogens is 320 g/mol. The van der Waals surface area contributed by atoms with Crippen molar-refractivity contribution in [1.82, 2.24) is 4.90 Å². The summed E-state index contributed by atoms with van der Waals surface area (Å²) in [5.74, 6) is 0.000142. The Morgan fingerprint density at radius 2 is 1.58 bits per heavy atom. The number of carbonyl (C=O) groups is 1. The van der Waals surface area contributed by atoms with Crippen molar-refractivity contribution in [1.29, 1.82) is 0 Å². The van der Waals surface area contributed by atoms with Crippen molar-refractivity contribution >= 4 is 23.2 Å². The van der Waals surface area contributed by atoms with Gasteiger partial charge in [0.1, 0.15) is 0 Å². The van der Waals surface area contributed by atoms with Crippen molar-refractivity contribution in [2.45, 2.75) is 33.2 Å². The standard InChI is InChI=1S/C20H25ClN2O/c1-4-15-10-8-11-16(5-2)20(15)22-19(24)14-23(3)13-17-9-6-7-12-18(17)21/h6-12H,4-5,13-14H2,1-3H3,(H,22,24). The van der Waals surface area contributed by atoms with Crippen molar-refractivity contribution in [3.8, 4) is 0 Å². The zero-order valence-electron chi connectivity index (χ0n) is 14.6. The molecule has 0 heterocycles. The minimum atomic E-state index is 0.000142. The van der Waals surface area contributed by atoms with Gasteiger partial charge in [-0.25, -0.2) is 0 Å². The molecule has 0 radical (unpaired) electrons. The molecule has 2 aromatic carbocycles. The van der Waals surface area contributed by atoms with Gasteiger partial charge in [0, 0.05) is 17.3 Å². The van der Waals surface area contributed by atoms with E-state index in [1.807, 2.05) is 36.2 Å². The number of para-hydroxylation sites is 1. The quantitative estimate of drug-likeness (QED) is 0.800. The molecule has 1 N–H and O–H groups in total. The third-order valence-electron chi connectivity index (χ3n) is 4.07. The molecule has 0 bridgehead atoms. The van der Waals surface area contributed by atoms with Crippen molar-refractivity contribution in [2.24, 2.45) is 0 Å². The molecule has 0 atom stereocenters. The maximum atomic E-state index is 12.4. The van der Waals surface area contributed by atoms with Crippen molar-refractivity contribution in [2.75, 3.05) is 18.9 Å². The second-order valence-electron chi connectivity index (χ2n) is 5.97. The summed E-state index contributed by atoms with van der Waals surface area (Å²) in [6.45, 7) is 5.18. The number of nitrogens with one attached hydrogen (secondary N) is 1. The number of halogens is 1. The lowest BCUT2D eigenvalue weighted by atomic mass is 10.0. The summed E-state index contributed by atoms with van der Waals surface area (Å²) in [7, 11) is 1.93. The van der Waals surface area contributed by atoms with Crippen molar-refractivity contribution in [3.05, 3.63) is 64.2 Å². The lowest BCUT2D eigenvalue weighted by molar-refractivity contribution is -0.117. The largest absolute Gasteiger partial charge is 0.324 e. The van der Waals surface area contributed by atoms with Gasteiger partial charge in [0.2, 0.25) is 5.91 Å². The second-order valence-corrected chi connectivity index (χ2v) is 6.38. The second kappa shape index (κ2) is 8.86. The number of nitrogens with zero attached hydrogens (tertiary/aromatic N) is 1. The number of carbonyl (C=O) groups excluding carboxylic acids is 1. The molecule has 0 saturated carbocycles. The third kappa shape index (κ3) is 4.83. The molecule has 3 nitrogen and oxygen atoms in total. The predicted molar refractivity (Wildman–Crippen MR) is 102 cm³/mol. The minimum Gasteiger partial charge on any atom is -0.324 e. The zero-order chi connectivity index (χ0) is 17.5. The number of aryl methyl sites for hydroxylation is 2. The van der Waals surface area contributed by atoms with E-state index in [0.717, 1.165) is 29.1 Å². The van der Waals surface area contributed by atoms with E-state index in [2.05, 4.69) is 37.4 Å².